The second kappa shape index (κ2) is 6.38. The molecule has 0 bridgehead atoms. The molecule has 1 nitrogen and oxygen atoms in total. The van der Waals surface area contributed by atoms with Crippen molar-refractivity contribution in [1.29, 1.82) is 0 Å². The third kappa shape index (κ3) is 3.58. The molecule has 2 N–H and O–H groups in total. The normalized spacial score (nSPS) is 25.9. The quantitative estimate of drug-likeness (QED) is 0.842. The molecule has 0 aromatic heterocycles. The third-order valence-electron chi connectivity index (χ3n) is 4.58. The Balaban J connectivity index is 1.90. The first kappa shape index (κ1) is 13.6. The predicted molar refractivity (Wildman–Crippen MR) is 78.8 cm³/mol. The van der Waals surface area contributed by atoms with Gasteiger partial charge in [-0.2, -0.15) is 0 Å². The lowest BCUT2D eigenvalue weighted by atomic mass is 9.82. The van der Waals surface area contributed by atoms with Gasteiger partial charge < -0.3 is 5.73 Å². The van der Waals surface area contributed by atoms with Crippen molar-refractivity contribution in [2.75, 3.05) is 0 Å². The lowest BCUT2D eigenvalue weighted by Gasteiger charge is -2.26. The van der Waals surface area contributed by atoms with Gasteiger partial charge >= 0.3 is 0 Å². The van der Waals surface area contributed by atoms with Gasteiger partial charge in [0.25, 0.3) is 0 Å². The lowest BCUT2D eigenvalue weighted by molar-refractivity contribution is 0.325. The zero-order chi connectivity index (χ0) is 13.0. The van der Waals surface area contributed by atoms with Gasteiger partial charge in [0, 0.05) is 6.04 Å². The molecule has 0 aliphatic heterocycles. The highest BCUT2D eigenvalue weighted by molar-refractivity contribution is 5.25. The summed E-state index contributed by atoms with van der Waals surface area (Å²) in [6.07, 6.45) is 7.53. The number of nitrogens with two attached hydrogens (primary N) is 1. The van der Waals surface area contributed by atoms with Crippen LogP contribution in [0.2, 0.25) is 0 Å². The van der Waals surface area contributed by atoms with Gasteiger partial charge in [-0.3, -0.25) is 0 Å². The van der Waals surface area contributed by atoms with E-state index in [1.165, 1.54) is 49.7 Å². The van der Waals surface area contributed by atoms with Crippen LogP contribution in [0, 0.1) is 5.92 Å². The zero-order valence-corrected chi connectivity index (χ0v) is 11.9. The molecule has 0 amide bonds. The van der Waals surface area contributed by atoms with Crippen LogP contribution in [0.5, 0.6) is 0 Å². The molecule has 0 saturated heterocycles. The van der Waals surface area contributed by atoms with Crippen LogP contribution in [0.3, 0.4) is 0 Å². The van der Waals surface area contributed by atoms with E-state index in [9.17, 15) is 0 Å². The van der Waals surface area contributed by atoms with Gasteiger partial charge in [-0.1, -0.05) is 38.1 Å². The Morgan fingerprint density at radius 1 is 1.11 bits per heavy atom. The smallest absolute Gasteiger partial charge is 0.00390 e. The molecule has 1 aromatic rings. The number of hydrogen-bond acceptors (Lipinski definition) is 1. The van der Waals surface area contributed by atoms with Crippen LogP contribution in [0.1, 0.15) is 63.0 Å². The summed E-state index contributed by atoms with van der Waals surface area (Å²) >= 11 is 0. The largest absolute Gasteiger partial charge is 0.328 e. The number of hydrogen-bond donors (Lipinski definition) is 1. The van der Waals surface area contributed by atoms with Crippen LogP contribution in [-0.4, -0.2) is 6.04 Å². The molecule has 1 fully saturated rings. The van der Waals surface area contributed by atoms with E-state index in [-0.39, 0.29) is 0 Å². The van der Waals surface area contributed by atoms with Crippen molar-refractivity contribution < 1.29 is 0 Å². The Morgan fingerprint density at radius 3 is 2.28 bits per heavy atom. The van der Waals surface area contributed by atoms with Gasteiger partial charge in [-0.25, -0.2) is 0 Å². The number of benzene rings is 1. The molecule has 0 heterocycles. The van der Waals surface area contributed by atoms with Gasteiger partial charge in [0.15, 0.2) is 0 Å². The average molecular weight is 245 g/mol. The van der Waals surface area contributed by atoms with Gasteiger partial charge in [-0.05, 0) is 61.5 Å². The fourth-order valence-corrected chi connectivity index (χ4v) is 2.94. The van der Waals surface area contributed by atoms with Crippen LogP contribution < -0.4 is 5.73 Å². The van der Waals surface area contributed by atoms with Crippen molar-refractivity contribution in [3.63, 3.8) is 0 Å². The van der Waals surface area contributed by atoms with Crippen molar-refractivity contribution in [1.82, 2.24) is 0 Å². The minimum absolute atomic E-state index is 0.467. The predicted octanol–water partition coefficient (Wildman–Crippen LogP) is 4.26. The van der Waals surface area contributed by atoms with Crippen LogP contribution in [0.25, 0.3) is 0 Å². The summed E-state index contributed by atoms with van der Waals surface area (Å²) in [6.45, 7) is 4.56. The van der Waals surface area contributed by atoms with Crippen LogP contribution >= 0.6 is 0 Å². The topological polar surface area (TPSA) is 26.0 Å². The van der Waals surface area contributed by atoms with E-state index in [0.29, 0.717) is 12.0 Å². The Labute approximate surface area is 112 Å². The van der Waals surface area contributed by atoms with Gasteiger partial charge in [-0.15, -0.1) is 0 Å². The van der Waals surface area contributed by atoms with Crippen LogP contribution in [0.4, 0.5) is 0 Å². The fourth-order valence-electron chi connectivity index (χ4n) is 2.94. The van der Waals surface area contributed by atoms with Crippen molar-refractivity contribution >= 4 is 0 Å². The van der Waals surface area contributed by atoms with E-state index in [4.69, 9.17) is 5.73 Å². The van der Waals surface area contributed by atoms with Gasteiger partial charge in [0.2, 0.25) is 0 Å². The van der Waals surface area contributed by atoms with Crippen LogP contribution in [0.15, 0.2) is 24.3 Å². The van der Waals surface area contributed by atoms with Crippen LogP contribution in [-0.2, 0) is 6.42 Å². The Bertz CT molecular complexity index is 346. The van der Waals surface area contributed by atoms with Gasteiger partial charge in [0.05, 0.1) is 0 Å². The van der Waals surface area contributed by atoms with Crippen molar-refractivity contribution in [3.05, 3.63) is 35.4 Å². The maximum Gasteiger partial charge on any atom is 0.00390 e. The highest BCUT2D eigenvalue weighted by atomic mass is 14.6. The Hall–Kier alpha value is -0.820. The molecule has 18 heavy (non-hydrogen) atoms. The number of rotatable bonds is 4. The molecule has 1 aromatic carbocycles. The summed E-state index contributed by atoms with van der Waals surface area (Å²) in [4.78, 5) is 0. The summed E-state index contributed by atoms with van der Waals surface area (Å²) in [6, 6.07) is 9.76. The minimum atomic E-state index is 0.467. The maximum absolute atomic E-state index is 5.96. The molecule has 0 radical (unpaired) electrons. The van der Waals surface area contributed by atoms with E-state index >= 15 is 0 Å². The van der Waals surface area contributed by atoms with E-state index in [1.54, 1.807) is 0 Å². The molecule has 100 valence electrons. The molecule has 1 heteroatoms. The third-order valence-corrected chi connectivity index (χ3v) is 4.58. The zero-order valence-electron chi connectivity index (χ0n) is 11.9. The minimum Gasteiger partial charge on any atom is -0.328 e. The molecule has 1 aliphatic carbocycles. The molecular weight excluding hydrogens is 218 g/mol. The summed E-state index contributed by atoms with van der Waals surface area (Å²) in [5.41, 5.74) is 8.94. The van der Waals surface area contributed by atoms with E-state index < -0.39 is 0 Å². The van der Waals surface area contributed by atoms with Crippen molar-refractivity contribution in [2.45, 2.75) is 64.3 Å². The highest BCUT2D eigenvalue weighted by Gasteiger charge is 2.18. The summed E-state index contributed by atoms with van der Waals surface area (Å²) < 4.78 is 0. The molecule has 1 unspecified atom stereocenters. The molecule has 1 aliphatic rings. The summed E-state index contributed by atoms with van der Waals surface area (Å²) in [7, 11) is 0. The first-order valence-corrected chi connectivity index (χ1v) is 7.53. The lowest BCUT2D eigenvalue weighted by Crippen LogP contribution is -2.27. The monoisotopic (exact) mass is 245 g/mol. The SMILES string of the molecule is CCC(C)c1ccc(CC2CCC(N)CC2)cc1. The first-order chi connectivity index (χ1) is 8.69. The summed E-state index contributed by atoms with van der Waals surface area (Å²) in [5, 5.41) is 0. The average Bonchev–Trinajstić information content (AvgIpc) is 2.41. The van der Waals surface area contributed by atoms with Crippen molar-refractivity contribution in [3.8, 4) is 0 Å². The van der Waals surface area contributed by atoms with Gasteiger partial charge in [0.1, 0.15) is 0 Å². The Kier molecular flexibility index (Phi) is 4.82. The fraction of sp³-hybridized carbons (Fsp3) is 0.647. The Morgan fingerprint density at radius 2 is 1.72 bits per heavy atom. The van der Waals surface area contributed by atoms with Crippen molar-refractivity contribution in [2.24, 2.45) is 11.7 Å². The van der Waals surface area contributed by atoms with E-state index in [0.717, 1.165) is 5.92 Å². The van der Waals surface area contributed by atoms with E-state index in [1.807, 2.05) is 0 Å². The first-order valence-electron chi connectivity index (χ1n) is 7.53. The molecule has 0 spiro atoms. The standard InChI is InChI=1S/C17H27N/c1-3-13(2)16-8-4-14(5-9-16)12-15-6-10-17(18)11-7-15/h4-5,8-9,13,15,17H,3,6-7,10-12,18H2,1-2H3. The highest BCUT2D eigenvalue weighted by Crippen LogP contribution is 2.27. The molecule has 2 rings (SSSR count). The second-order valence-corrected chi connectivity index (χ2v) is 6.04. The maximum atomic E-state index is 5.96. The van der Waals surface area contributed by atoms with E-state index in [2.05, 4.69) is 38.1 Å². The molecular formula is C17H27N. The summed E-state index contributed by atoms with van der Waals surface area (Å²) in [5.74, 6) is 1.55. The second-order valence-electron chi connectivity index (χ2n) is 6.04. The molecule has 1 saturated carbocycles. The molecule has 1 atom stereocenters.